The van der Waals surface area contributed by atoms with Crippen molar-refractivity contribution < 1.29 is 0 Å². The molecule has 0 bridgehead atoms. The molecule has 0 fully saturated rings. The van der Waals surface area contributed by atoms with Crippen LogP contribution in [0.3, 0.4) is 0 Å². The van der Waals surface area contributed by atoms with E-state index in [2.05, 4.69) is 142 Å². The molecule has 4 heterocycles. The molecule has 0 spiro atoms. The minimum atomic E-state index is 0.919. The molecule has 0 aliphatic heterocycles. The Morgan fingerprint density at radius 1 is 0.354 bits per heavy atom. The zero-order chi connectivity index (χ0) is 31.9. The maximum absolute atomic E-state index is 5.06. The van der Waals surface area contributed by atoms with Crippen molar-refractivity contribution in [1.29, 1.82) is 0 Å². The van der Waals surface area contributed by atoms with Gasteiger partial charge in [-0.15, -0.1) is 22.7 Å². The van der Waals surface area contributed by atoms with Crippen LogP contribution in [0, 0.1) is 0 Å². The molecular formula is C42H26N4S2. The number of pyridine rings is 2. The van der Waals surface area contributed by atoms with Gasteiger partial charge in [-0.3, -0.25) is 9.97 Å². The molecule has 0 aliphatic carbocycles. The first-order valence-corrected chi connectivity index (χ1v) is 17.5. The van der Waals surface area contributed by atoms with E-state index in [0.29, 0.717) is 0 Å². The fraction of sp³-hybridized carbons (Fsp3) is 0. The molecule has 0 atom stereocenters. The number of aromatic nitrogens is 4. The minimum Gasteiger partial charge on any atom is -0.256 e. The van der Waals surface area contributed by atoms with Crippen LogP contribution in [-0.4, -0.2) is 19.9 Å². The highest BCUT2D eigenvalue weighted by molar-refractivity contribution is 7.08. The Morgan fingerprint density at radius 3 is 1.40 bits per heavy atom. The third-order valence-electron chi connectivity index (χ3n) is 8.84. The van der Waals surface area contributed by atoms with Crippen molar-refractivity contribution >= 4 is 44.2 Å². The maximum Gasteiger partial charge on any atom is 0.0826 e. The van der Waals surface area contributed by atoms with E-state index in [1.807, 2.05) is 23.4 Å². The SMILES string of the molecule is c1ccc(-c2ccccc2-c2ccc3c(-c4ccc(-c5cscn5)cn4)c4ccccc4c(-c4ccc(-c5cscn5)cn4)c3c2)cc1. The number of hydrogen-bond acceptors (Lipinski definition) is 6. The number of thiazole rings is 2. The van der Waals surface area contributed by atoms with Crippen LogP contribution in [0.1, 0.15) is 0 Å². The second-order valence-electron chi connectivity index (χ2n) is 11.6. The van der Waals surface area contributed by atoms with Gasteiger partial charge >= 0.3 is 0 Å². The van der Waals surface area contributed by atoms with Gasteiger partial charge in [0.25, 0.3) is 0 Å². The van der Waals surface area contributed by atoms with Crippen molar-refractivity contribution in [1.82, 2.24) is 19.9 Å². The van der Waals surface area contributed by atoms with Crippen LogP contribution >= 0.6 is 22.7 Å². The van der Waals surface area contributed by atoms with Gasteiger partial charge in [0.1, 0.15) is 0 Å². The van der Waals surface area contributed by atoms with Gasteiger partial charge in [-0.1, -0.05) is 91.0 Å². The van der Waals surface area contributed by atoms with Crippen LogP contribution in [0.25, 0.3) is 88.8 Å². The minimum absolute atomic E-state index is 0.919. The van der Waals surface area contributed by atoms with E-state index >= 15 is 0 Å². The third kappa shape index (κ3) is 4.99. The van der Waals surface area contributed by atoms with Crippen molar-refractivity contribution in [3.63, 3.8) is 0 Å². The van der Waals surface area contributed by atoms with Crippen molar-refractivity contribution in [2.45, 2.75) is 0 Å². The van der Waals surface area contributed by atoms with Crippen molar-refractivity contribution in [3.05, 3.63) is 156 Å². The smallest absolute Gasteiger partial charge is 0.0826 e. The molecule has 4 nitrogen and oxygen atoms in total. The number of nitrogens with zero attached hydrogens (tertiary/aromatic N) is 4. The molecule has 0 amide bonds. The summed E-state index contributed by atoms with van der Waals surface area (Å²) in [6.45, 7) is 0. The number of hydrogen-bond donors (Lipinski definition) is 0. The molecule has 0 aliphatic rings. The lowest BCUT2D eigenvalue weighted by atomic mass is 9.86. The largest absolute Gasteiger partial charge is 0.256 e. The van der Waals surface area contributed by atoms with Gasteiger partial charge in [0.15, 0.2) is 0 Å². The summed E-state index contributed by atoms with van der Waals surface area (Å²) in [6.07, 6.45) is 3.87. The van der Waals surface area contributed by atoms with Crippen LogP contribution < -0.4 is 0 Å². The van der Waals surface area contributed by atoms with Crippen LogP contribution in [0.5, 0.6) is 0 Å². The molecule has 0 saturated carbocycles. The summed E-state index contributed by atoms with van der Waals surface area (Å²) in [5.41, 5.74) is 16.4. The molecule has 0 radical (unpaired) electrons. The topological polar surface area (TPSA) is 51.6 Å². The van der Waals surface area contributed by atoms with Crippen LogP contribution in [-0.2, 0) is 0 Å². The Bertz CT molecular complexity index is 2520. The summed E-state index contributed by atoms with van der Waals surface area (Å²) in [4.78, 5) is 19.1. The zero-order valence-electron chi connectivity index (χ0n) is 25.6. The summed E-state index contributed by atoms with van der Waals surface area (Å²) in [5, 5.41) is 8.63. The molecular weight excluding hydrogens is 625 g/mol. The van der Waals surface area contributed by atoms with E-state index in [-0.39, 0.29) is 0 Å². The normalized spacial score (nSPS) is 11.3. The summed E-state index contributed by atoms with van der Waals surface area (Å²) in [7, 11) is 0. The predicted molar refractivity (Wildman–Crippen MR) is 201 cm³/mol. The Morgan fingerprint density at radius 2 is 0.854 bits per heavy atom. The zero-order valence-corrected chi connectivity index (χ0v) is 27.2. The van der Waals surface area contributed by atoms with E-state index in [0.717, 1.165) is 72.1 Å². The van der Waals surface area contributed by atoms with E-state index in [1.165, 1.54) is 16.7 Å². The highest BCUT2D eigenvalue weighted by atomic mass is 32.1. The van der Waals surface area contributed by atoms with Gasteiger partial charge in [0, 0.05) is 45.4 Å². The number of rotatable bonds is 6. The van der Waals surface area contributed by atoms with Gasteiger partial charge < -0.3 is 0 Å². The lowest BCUT2D eigenvalue weighted by Gasteiger charge is -2.18. The molecule has 4 aromatic heterocycles. The molecule has 6 heteroatoms. The molecule has 48 heavy (non-hydrogen) atoms. The van der Waals surface area contributed by atoms with Crippen LogP contribution in [0.2, 0.25) is 0 Å². The van der Waals surface area contributed by atoms with E-state index < -0.39 is 0 Å². The summed E-state index contributed by atoms with van der Waals surface area (Å²) < 4.78 is 0. The van der Waals surface area contributed by atoms with Gasteiger partial charge in [-0.2, -0.15) is 0 Å². The second-order valence-corrected chi connectivity index (χ2v) is 13.0. The Hall–Kier alpha value is -5.82. The van der Waals surface area contributed by atoms with Crippen LogP contribution in [0.4, 0.5) is 0 Å². The summed E-state index contributed by atoms with van der Waals surface area (Å²) in [5.74, 6) is 0. The summed E-state index contributed by atoms with van der Waals surface area (Å²) >= 11 is 3.18. The second kappa shape index (κ2) is 12.1. The van der Waals surface area contributed by atoms with Gasteiger partial charge in [-0.25, -0.2) is 9.97 Å². The van der Waals surface area contributed by atoms with Crippen molar-refractivity contribution in [2.75, 3.05) is 0 Å². The van der Waals surface area contributed by atoms with Crippen molar-refractivity contribution in [3.8, 4) is 67.3 Å². The van der Waals surface area contributed by atoms with E-state index in [1.54, 1.807) is 22.7 Å². The van der Waals surface area contributed by atoms with Crippen LogP contribution in [0.15, 0.2) is 156 Å². The molecule has 9 aromatic rings. The number of benzene rings is 5. The van der Waals surface area contributed by atoms with Gasteiger partial charge in [0.05, 0.1) is 33.8 Å². The highest BCUT2D eigenvalue weighted by Crippen LogP contribution is 2.45. The highest BCUT2D eigenvalue weighted by Gasteiger charge is 2.20. The lowest BCUT2D eigenvalue weighted by Crippen LogP contribution is -1.95. The molecule has 9 rings (SSSR count). The third-order valence-corrected chi connectivity index (χ3v) is 10.0. The monoisotopic (exact) mass is 650 g/mol. The molecule has 226 valence electrons. The number of fused-ring (bicyclic) bond motifs is 2. The van der Waals surface area contributed by atoms with Crippen molar-refractivity contribution in [2.24, 2.45) is 0 Å². The average Bonchev–Trinajstić information content (AvgIpc) is 3.91. The molecule has 0 N–H and O–H groups in total. The van der Waals surface area contributed by atoms with E-state index in [4.69, 9.17) is 9.97 Å². The summed E-state index contributed by atoms with van der Waals surface area (Å²) in [6, 6.07) is 43.2. The van der Waals surface area contributed by atoms with Gasteiger partial charge in [-0.05, 0) is 74.1 Å². The van der Waals surface area contributed by atoms with Gasteiger partial charge in [0.2, 0.25) is 0 Å². The maximum atomic E-state index is 5.06. The predicted octanol–water partition coefficient (Wildman–Crippen LogP) is 11.7. The average molecular weight is 651 g/mol. The first-order chi connectivity index (χ1) is 23.8. The first-order valence-electron chi connectivity index (χ1n) is 15.6. The Balaban J connectivity index is 1.31. The quantitative estimate of drug-likeness (QED) is 0.168. The molecule has 0 saturated heterocycles. The standard InChI is InChI=1S/C42H26N4S2/c1-2-8-27(9-3-1)31-10-4-5-11-32(31)28-14-17-35-36(20-28)42(38-19-16-30(22-44-38)40-24-48-26-46-40)34-13-7-6-12-33(34)41(35)37-18-15-29(21-43-37)39-23-47-25-45-39/h1-26H. The Kier molecular flexibility index (Phi) is 7.15. The fourth-order valence-electron chi connectivity index (χ4n) is 6.60. The molecule has 0 unspecified atom stereocenters. The van der Waals surface area contributed by atoms with E-state index in [9.17, 15) is 0 Å². The molecule has 5 aromatic carbocycles. The fourth-order valence-corrected chi connectivity index (χ4v) is 7.72. The Labute approximate surface area is 285 Å². The first kappa shape index (κ1) is 28.4. The lowest BCUT2D eigenvalue weighted by molar-refractivity contribution is 1.31.